The first-order valence-electron chi connectivity index (χ1n) is 6.71. The predicted molar refractivity (Wildman–Crippen MR) is 68.9 cm³/mol. The Morgan fingerprint density at radius 1 is 0.944 bits per heavy atom. The lowest BCUT2D eigenvalue weighted by atomic mass is 10.1. The van der Waals surface area contributed by atoms with E-state index in [2.05, 4.69) is 25.0 Å². The molecule has 2 aliphatic rings. The van der Waals surface area contributed by atoms with Crippen molar-refractivity contribution in [1.29, 1.82) is 0 Å². The summed E-state index contributed by atoms with van der Waals surface area (Å²) in [6, 6.07) is 0. The minimum Gasteiger partial charge on any atom is -0.378 e. The monoisotopic (exact) mass is 249 g/mol. The topological polar surface area (TPSA) is 54.4 Å². The number of piperidine rings is 1. The van der Waals surface area contributed by atoms with Gasteiger partial charge in [-0.15, -0.1) is 5.10 Å². The van der Waals surface area contributed by atoms with Crippen LogP contribution in [0.4, 0.5) is 11.8 Å². The van der Waals surface area contributed by atoms with E-state index in [0.717, 1.165) is 51.2 Å². The molecule has 0 radical (unpaired) electrons. The molecule has 0 aromatic carbocycles. The van der Waals surface area contributed by atoms with Gasteiger partial charge in [0.15, 0.2) is 5.82 Å². The maximum Gasteiger partial charge on any atom is 0.247 e. The summed E-state index contributed by atoms with van der Waals surface area (Å²) in [5, 5.41) is 8.24. The first kappa shape index (κ1) is 11.6. The summed E-state index contributed by atoms with van der Waals surface area (Å²) in [6.07, 6.45) is 5.59. The third-order valence-electron chi connectivity index (χ3n) is 3.51. The van der Waals surface area contributed by atoms with Crippen molar-refractivity contribution in [3.05, 3.63) is 6.20 Å². The highest BCUT2D eigenvalue weighted by atomic mass is 16.5. The minimum atomic E-state index is 0.737. The van der Waals surface area contributed by atoms with Crippen LogP contribution < -0.4 is 9.80 Å². The molecule has 0 atom stereocenters. The number of nitrogens with zero attached hydrogens (tertiary/aromatic N) is 5. The first-order valence-corrected chi connectivity index (χ1v) is 6.71. The highest BCUT2D eigenvalue weighted by Crippen LogP contribution is 2.18. The number of anilines is 2. The average molecular weight is 249 g/mol. The molecule has 6 heteroatoms. The maximum absolute atomic E-state index is 5.34. The fourth-order valence-corrected chi connectivity index (χ4v) is 2.46. The van der Waals surface area contributed by atoms with Gasteiger partial charge in [-0.1, -0.05) is 0 Å². The summed E-state index contributed by atoms with van der Waals surface area (Å²) in [5.74, 6) is 1.70. The molecule has 2 fully saturated rings. The van der Waals surface area contributed by atoms with E-state index in [4.69, 9.17) is 4.74 Å². The van der Waals surface area contributed by atoms with Gasteiger partial charge >= 0.3 is 0 Å². The molecule has 1 aromatic rings. The van der Waals surface area contributed by atoms with Gasteiger partial charge in [-0.2, -0.15) is 10.1 Å². The largest absolute Gasteiger partial charge is 0.378 e. The number of morpholine rings is 1. The number of ether oxygens (including phenoxy) is 1. The predicted octanol–water partition coefficient (Wildman–Crippen LogP) is 0.698. The van der Waals surface area contributed by atoms with Gasteiger partial charge in [-0.05, 0) is 19.3 Å². The molecule has 0 N–H and O–H groups in total. The highest BCUT2D eigenvalue weighted by Gasteiger charge is 2.17. The van der Waals surface area contributed by atoms with Crippen molar-refractivity contribution in [3.8, 4) is 0 Å². The Bertz CT molecular complexity index is 355. The van der Waals surface area contributed by atoms with E-state index in [1.807, 2.05) is 0 Å². The van der Waals surface area contributed by atoms with Crippen LogP contribution in [0.25, 0.3) is 0 Å². The lowest BCUT2D eigenvalue weighted by Crippen LogP contribution is -2.38. The number of hydrogen-bond donors (Lipinski definition) is 0. The van der Waals surface area contributed by atoms with Gasteiger partial charge in [0.1, 0.15) is 0 Å². The third-order valence-corrected chi connectivity index (χ3v) is 3.51. The second-order valence-electron chi connectivity index (χ2n) is 4.76. The zero-order valence-corrected chi connectivity index (χ0v) is 10.6. The van der Waals surface area contributed by atoms with E-state index in [9.17, 15) is 0 Å². The molecule has 0 unspecified atom stereocenters. The van der Waals surface area contributed by atoms with E-state index in [1.54, 1.807) is 6.20 Å². The van der Waals surface area contributed by atoms with Crippen molar-refractivity contribution in [2.75, 3.05) is 49.2 Å². The number of aromatic nitrogens is 3. The minimum absolute atomic E-state index is 0.737. The van der Waals surface area contributed by atoms with Crippen LogP contribution in [0.1, 0.15) is 19.3 Å². The molecule has 0 amide bonds. The molecule has 1 aromatic heterocycles. The molecule has 98 valence electrons. The maximum atomic E-state index is 5.34. The van der Waals surface area contributed by atoms with E-state index in [1.165, 1.54) is 19.3 Å². The van der Waals surface area contributed by atoms with Gasteiger partial charge < -0.3 is 14.5 Å². The molecule has 2 aliphatic heterocycles. The SMILES string of the molecule is c1nnc(N2CCOCC2)nc1N1CCCCC1. The molecule has 18 heavy (non-hydrogen) atoms. The second kappa shape index (κ2) is 5.48. The summed E-state index contributed by atoms with van der Waals surface area (Å²) < 4.78 is 5.34. The van der Waals surface area contributed by atoms with Crippen molar-refractivity contribution in [2.24, 2.45) is 0 Å². The lowest BCUT2D eigenvalue weighted by Gasteiger charge is -2.29. The molecule has 2 saturated heterocycles. The Morgan fingerprint density at radius 3 is 2.50 bits per heavy atom. The summed E-state index contributed by atoms with van der Waals surface area (Å²) in [7, 11) is 0. The van der Waals surface area contributed by atoms with Crippen molar-refractivity contribution >= 4 is 11.8 Å². The van der Waals surface area contributed by atoms with Crippen molar-refractivity contribution in [3.63, 3.8) is 0 Å². The quantitative estimate of drug-likeness (QED) is 0.769. The molecule has 0 saturated carbocycles. The molecule has 6 nitrogen and oxygen atoms in total. The highest BCUT2D eigenvalue weighted by molar-refractivity contribution is 5.42. The van der Waals surface area contributed by atoms with Crippen LogP contribution in [0.15, 0.2) is 6.20 Å². The molecular formula is C12H19N5O. The van der Waals surface area contributed by atoms with Crippen LogP contribution in [-0.4, -0.2) is 54.6 Å². The van der Waals surface area contributed by atoms with Crippen molar-refractivity contribution < 1.29 is 4.74 Å². The smallest absolute Gasteiger partial charge is 0.247 e. The summed E-state index contributed by atoms with van der Waals surface area (Å²) in [6.45, 7) is 5.37. The Morgan fingerprint density at radius 2 is 1.72 bits per heavy atom. The van der Waals surface area contributed by atoms with Crippen LogP contribution in [0, 0.1) is 0 Å². The van der Waals surface area contributed by atoms with Gasteiger partial charge in [-0.3, -0.25) is 0 Å². The zero-order valence-electron chi connectivity index (χ0n) is 10.6. The van der Waals surface area contributed by atoms with Crippen LogP contribution in [0.3, 0.4) is 0 Å². The number of hydrogen-bond acceptors (Lipinski definition) is 6. The Kier molecular flexibility index (Phi) is 3.54. The first-order chi connectivity index (χ1) is 8.93. The number of rotatable bonds is 2. The molecular weight excluding hydrogens is 230 g/mol. The van der Waals surface area contributed by atoms with Crippen LogP contribution in [0.5, 0.6) is 0 Å². The standard InChI is InChI=1S/C12H19N5O/c1-2-4-16(5-3-1)11-10-13-15-12(14-11)17-6-8-18-9-7-17/h10H,1-9H2. The molecule has 0 bridgehead atoms. The van der Waals surface area contributed by atoms with E-state index < -0.39 is 0 Å². The summed E-state index contributed by atoms with van der Waals surface area (Å²) in [4.78, 5) is 9.09. The third kappa shape index (κ3) is 2.53. The Labute approximate surface area is 107 Å². The van der Waals surface area contributed by atoms with Crippen LogP contribution in [-0.2, 0) is 4.74 Å². The van der Waals surface area contributed by atoms with E-state index >= 15 is 0 Å². The normalized spacial score (nSPS) is 21.1. The zero-order chi connectivity index (χ0) is 12.2. The van der Waals surface area contributed by atoms with Gasteiger partial charge in [0.25, 0.3) is 0 Å². The second-order valence-corrected chi connectivity index (χ2v) is 4.76. The summed E-state index contributed by atoms with van der Waals surface area (Å²) in [5.41, 5.74) is 0. The van der Waals surface area contributed by atoms with Crippen molar-refractivity contribution in [2.45, 2.75) is 19.3 Å². The van der Waals surface area contributed by atoms with Crippen molar-refractivity contribution in [1.82, 2.24) is 15.2 Å². The Hall–Kier alpha value is -1.43. The van der Waals surface area contributed by atoms with E-state index in [0.29, 0.717) is 0 Å². The summed E-state index contributed by atoms with van der Waals surface area (Å²) >= 11 is 0. The molecule has 0 spiro atoms. The van der Waals surface area contributed by atoms with Crippen LogP contribution >= 0.6 is 0 Å². The average Bonchev–Trinajstić information content (AvgIpc) is 2.49. The van der Waals surface area contributed by atoms with Gasteiger partial charge in [0.2, 0.25) is 5.95 Å². The van der Waals surface area contributed by atoms with Gasteiger partial charge in [-0.25, -0.2) is 0 Å². The molecule has 3 heterocycles. The fourth-order valence-electron chi connectivity index (χ4n) is 2.46. The van der Waals surface area contributed by atoms with Gasteiger partial charge in [0, 0.05) is 26.2 Å². The van der Waals surface area contributed by atoms with E-state index in [-0.39, 0.29) is 0 Å². The fraction of sp³-hybridized carbons (Fsp3) is 0.750. The molecule has 0 aliphatic carbocycles. The molecule has 3 rings (SSSR count). The van der Waals surface area contributed by atoms with Crippen LogP contribution in [0.2, 0.25) is 0 Å². The lowest BCUT2D eigenvalue weighted by molar-refractivity contribution is 0.122. The van der Waals surface area contributed by atoms with Gasteiger partial charge in [0.05, 0.1) is 19.4 Å². The Balaban J connectivity index is 1.75.